The first-order valence-corrected chi connectivity index (χ1v) is 6.56. The Morgan fingerprint density at radius 1 is 0.750 bits per heavy atom. The Morgan fingerprint density at radius 3 is 2.15 bits per heavy atom. The molecule has 0 fully saturated rings. The maximum Gasteiger partial charge on any atom is 0.233 e. The minimum absolute atomic E-state index is 0.401. The number of fused-ring (bicyclic) bond motifs is 1. The minimum atomic E-state index is -0.402. The number of rotatable bonds is 1. The van der Waals surface area contributed by atoms with Crippen molar-refractivity contribution in [2.75, 3.05) is 0 Å². The molecule has 0 bridgehead atoms. The SMILES string of the molecule is CC1=C(c2ccccc2)c2ccc(C)cc2C(=O)C1=O. The molecule has 2 aromatic rings. The van der Waals surface area contributed by atoms with Crippen LogP contribution in [0.4, 0.5) is 0 Å². The highest BCUT2D eigenvalue weighted by atomic mass is 16.2. The number of aryl methyl sites for hydroxylation is 1. The Bertz CT molecular complexity index is 752. The number of Topliss-reactive ketones (excluding diaryl/α,β-unsaturated/α-hetero) is 2. The predicted octanol–water partition coefficient (Wildman–Crippen LogP) is 3.58. The normalized spacial score (nSPS) is 14.5. The fourth-order valence-corrected chi connectivity index (χ4v) is 2.65. The van der Waals surface area contributed by atoms with E-state index in [1.807, 2.05) is 49.4 Å². The van der Waals surface area contributed by atoms with Crippen LogP contribution in [0, 0.1) is 6.92 Å². The molecule has 2 heteroatoms. The monoisotopic (exact) mass is 262 g/mol. The third kappa shape index (κ3) is 1.81. The van der Waals surface area contributed by atoms with Gasteiger partial charge in [0, 0.05) is 11.1 Å². The van der Waals surface area contributed by atoms with Crippen LogP contribution < -0.4 is 0 Å². The van der Waals surface area contributed by atoms with Gasteiger partial charge in [0.25, 0.3) is 0 Å². The first-order valence-electron chi connectivity index (χ1n) is 6.56. The molecule has 20 heavy (non-hydrogen) atoms. The second-order valence-corrected chi connectivity index (χ2v) is 5.07. The Labute approximate surface area is 117 Å². The molecule has 1 aliphatic carbocycles. The maximum absolute atomic E-state index is 12.2. The van der Waals surface area contributed by atoms with Crippen LogP contribution in [0.5, 0.6) is 0 Å². The van der Waals surface area contributed by atoms with Gasteiger partial charge in [-0.05, 0) is 36.6 Å². The Hall–Kier alpha value is -2.48. The van der Waals surface area contributed by atoms with Gasteiger partial charge in [0.15, 0.2) is 0 Å². The van der Waals surface area contributed by atoms with Crippen molar-refractivity contribution < 1.29 is 9.59 Å². The standard InChI is InChI=1S/C18H14O2/c1-11-8-9-14-15(10-11)18(20)17(19)12(2)16(14)13-6-4-3-5-7-13/h3-10H,1-2H3. The number of ketones is 2. The molecule has 2 nitrogen and oxygen atoms in total. The van der Waals surface area contributed by atoms with Crippen LogP contribution in [-0.2, 0) is 4.79 Å². The van der Waals surface area contributed by atoms with Crippen LogP contribution in [0.15, 0.2) is 54.1 Å². The maximum atomic E-state index is 12.2. The first kappa shape index (κ1) is 12.5. The summed E-state index contributed by atoms with van der Waals surface area (Å²) in [5.41, 5.74) is 4.71. The van der Waals surface area contributed by atoms with E-state index < -0.39 is 11.6 Å². The predicted molar refractivity (Wildman–Crippen MR) is 78.7 cm³/mol. The van der Waals surface area contributed by atoms with Crippen molar-refractivity contribution >= 4 is 17.1 Å². The Kier molecular flexibility index (Phi) is 2.87. The summed E-state index contributed by atoms with van der Waals surface area (Å²) >= 11 is 0. The van der Waals surface area contributed by atoms with Gasteiger partial charge in [-0.2, -0.15) is 0 Å². The average molecular weight is 262 g/mol. The molecule has 1 aliphatic rings. The van der Waals surface area contributed by atoms with E-state index in [1.165, 1.54) is 0 Å². The lowest BCUT2D eigenvalue weighted by Gasteiger charge is -2.20. The molecule has 0 saturated heterocycles. The van der Waals surface area contributed by atoms with Crippen molar-refractivity contribution in [1.29, 1.82) is 0 Å². The molecule has 0 unspecified atom stereocenters. The van der Waals surface area contributed by atoms with E-state index in [0.29, 0.717) is 11.1 Å². The molecular weight excluding hydrogens is 248 g/mol. The zero-order valence-corrected chi connectivity index (χ0v) is 11.4. The van der Waals surface area contributed by atoms with Crippen molar-refractivity contribution in [3.05, 3.63) is 76.4 Å². The molecule has 0 atom stereocenters. The number of hydrogen-bond acceptors (Lipinski definition) is 2. The zero-order valence-electron chi connectivity index (χ0n) is 11.4. The first-order chi connectivity index (χ1) is 9.59. The highest BCUT2D eigenvalue weighted by Gasteiger charge is 2.30. The molecule has 0 spiro atoms. The summed E-state index contributed by atoms with van der Waals surface area (Å²) in [6, 6.07) is 15.4. The molecule has 0 heterocycles. The molecule has 0 saturated carbocycles. The van der Waals surface area contributed by atoms with Crippen molar-refractivity contribution in [2.24, 2.45) is 0 Å². The van der Waals surface area contributed by atoms with Crippen LogP contribution in [0.3, 0.4) is 0 Å². The number of allylic oxidation sites excluding steroid dienone is 1. The molecule has 0 amide bonds. The van der Waals surface area contributed by atoms with E-state index in [-0.39, 0.29) is 0 Å². The second-order valence-electron chi connectivity index (χ2n) is 5.07. The number of carbonyl (C=O) groups excluding carboxylic acids is 2. The van der Waals surface area contributed by atoms with E-state index in [0.717, 1.165) is 22.3 Å². The van der Waals surface area contributed by atoms with Gasteiger partial charge in [0.05, 0.1) is 0 Å². The summed E-state index contributed by atoms with van der Waals surface area (Å²) in [6.45, 7) is 3.65. The van der Waals surface area contributed by atoms with E-state index in [2.05, 4.69) is 0 Å². The minimum Gasteiger partial charge on any atom is -0.285 e. The van der Waals surface area contributed by atoms with Gasteiger partial charge in [-0.1, -0.05) is 48.0 Å². The van der Waals surface area contributed by atoms with Crippen LogP contribution in [-0.4, -0.2) is 11.6 Å². The lowest BCUT2D eigenvalue weighted by molar-refractivity contribution is -0.111. The molecule has 0 radical (unpaired) electrons. The quantitative estimate of drug-likeness (QED) is 0.736. The van der Waals surface area contributed by atoms with E-state index in [9.17, 15) is 9.59 Å². The highest BCUT2D eigenvalue weighted by Crippen LogP contribution is 2.34. The van der Waals surface area contributed by atoms with Gasteiger partial charge in [-0.15, -0.1) is 0 Å². The lowest BCUT2D eigenvalue weighted by Crippen LogP contribution is -2.23. The summed E-state index contributed by atoms with van der Waals surface area (Å²) in [4.78, 5) is 24.3. The summed E-state index contributed by atoms with van der Waals surface area (Å²) in [5, 5.41) is 0. The van der Waals surface area contributed by atoms with E-state index in [4.69, 9.17) is 0 Å². The van der Waals surface area contributed by atoms with Gasteiger partial charge in [0.2, 0.25) is 11.6 Å². The average Bonchev–Trinajstić information content (AvgIpc) is 2.47. The number of carbonyl (C=O) groups is 2. The van der Waals surface area contributed by atoms with Gasteiger partial charge in [0.1, 0.15) is 0 Å². The van der Waals surface area contributed by atoms with Crippen LogP contribution >= 0.6 is 0 Å². The lowest BCUT2D eigenvalue weighted by atomic mass is 9.81. The number of hydrogen-bond donors (Lipinski definition) is 0. The summed E-state index contributed by atoms with van der Waals surface area (Å²) in [6.07, 6.45) is 0. The molecule has 0 aromatic heterocycles. The Morgan fingerprint density at radius 2 is 1.45 bits per heavy atom. The molecular formula is C18H14O2. The van der Waals surface area contributed by atoms with Crippen LogP contribution in [0.2, 0.25) is 0 Å². The fraction of sp³-hybridized carbons (Fsp3) is 0.111. The molecule has 0 aliphatic heterocycles. The van der Waals surface area contributed by atoms with Crippen LogP contribution in [0.1, 0.15) is 34.0 Å². The Balaban J connectivity index is 2.33. The summed E-state index contributed by atoms with van der Waals surface area (Å²) in [7, 11) is 0. The van der Waals surface area contributed by atoms with Crippen molar-refractivity contribution in [3.63, 3.8) is 0 Å². The second kappa shape index (κ2) is 4.57. The molecule has 2 aromatic carbocycles. The van der Waals surface area contributed by atoms with E-state index in [1.54, 1.807) is 13.0 Å². The van der Waals surface area contributed by atoms with Gasteiger partial charge < -0.3 is 0 Å². The van der Waals surface area contributed by atoms with Gasteiger partial charge in [-0.25, -0.2) is 0 Å². The molecule has 98 valence electrons. The third-order valence-electron chi connectivity index (χ3n) is 3.67. The third-order valence-corrected chi connectivity index (χ3v) is 3.67. The van der Waals surface area contributed by atoms with Gasteiger partial charge in [-0.3, -0.25) is 9.59 Å². The fourth-order valence-electron chi connectivity index (χ4n) is 2.65. The topological polar surface area (TPSA) is 34.1 Å². The van der Waals surface area contributed by atoms with Crippen molar-refractivity contribution in [1.82, 2.24) is 0 Å². The summed E-state index contributed by atoms with van der Waals surface area (Å²) in [5.74, 6) is -0.803. The zero-order chi connectivity index (χ0) is 14.3. The van der Waals surface area contributed by atoms with Crippen LogP contribution in [0.25, 0.3) is 5.57 Å². The van der Waals surface area contributed by atoms with E-state index >= 15 is 0 Å². The molecule has 0 N–H and O–H groups in total. The highest BCUT2D eigenvalue weighted by molar-refractivity contribution is 6.52. The van der Waals surface area contributed by atoms with Crippen molar-refractivity contribution in [2.45, 2.75) is 13.8 Å². The van der Waals surface area contributed by atoms with Crippen molar-refractivity contribution in [3.8, 4) is 0 Å². The summed E-state index contributed by atoms with van der Waals surface area (Å²) < 4.78 is 0. The largest absolute Gasteiger partial charge is 0.285 e. The smallest absolute Gasteiger partial charge is 0.233 e. The number of benzene rings is 2. The van der Waals surface area contributed by atoms with Gasteiger partial charge >= 0.3 is 0 Å². The molecule has 3 rings (SSSR count).